The van der Waals surface area contributed by atoms with Gasteiger partial charge in [-0.3, -0.25) is 9.36 Å². The van der Waals surface area contributed by atoms with Crippen molar-refractivity contribution in [3.63, 3.8) is 0 Å². The molecule has 0 saturated carbocycles. The lowest BCUT2D eigenvalue weighted by Gasteiger charge is -2.22. The number of rotatable bonds is 8. The van der Waals surface area contributed by atoms with Crippen LogP contribution in [-0.4, -0.2) is 32.1 Å². The number of carbonyl (C=O) groups excluding carboxylic acids is 1. The zero-order valence-corrected chi connectivity index (χ0v) is 13.6. The van der Waals surface area contributed by atoms with Gasteiger partial charge in [0.1, 0.15) is 18.1 Å². The highest BCUT2D eigenvalue weighted by Crippen LogP contribution is 2.43. The number of methoxy groups -OCH3 is 1. The number of ether oxygens (including phenoxy) is 2. The van der Waals surface area contributed by atoms with Gasteiger partial charge in [-0.25, -0.2) is 5.09 Å². The van der Waals surface area contributed by atoms with Crippen molar-refractivity contribution in [3.8, 4) is 11.8 Å². The van der Waals surface area contributed by atoms with Gasteiger partial charge in [0.25, 0.3) is 0 Å². The number of nitrogens with one attached hydrogen (secondary N) is 1. The van der Waals surface area contributed by atoms with Gasteiger partial charge in [0.05, 0.1) is 18.2 Å². The summed E-state index contributed by atoms with van der Waals surface area (Å²) in [6.07, 6.45) is -0.229. The molecule has 0 saturated heterocycles. The predicted octanol–water partition coefficient (Wildman–Crippen LogP) is 2.28. The number of esters is 1. The van der Waals surface area contributed by atoms with E-state index in [-0.39, 0.29) is 18.7 Å². The molecule has 0 radical (unpaired) electrons. The maximum atomic E-state index is 12.8. The average molecular weight is 326 g/mol. The summed E-state index contributed by atoms with van der Waals surface area (Å²) in [6.45, 7) is 3.43. The molecule has 0 spiro atoms. The minimum absolute atomic E-state index is 0.227. The maximum Gasteiger partial charge on any atom is 0.342 e. The molecule has 0 bridgehead atoms. The van der Waals surface area contributed by atoms with Crippen molar-refractivity contribution in [1.29, 1.82) is 5.26 Å². The summed E-state index contributed by atoms with van der Waals surface area (Å²) in [6, 6.07) is 7.38. The number of nitrogens with zero attached hydrogens (tertiary/aromatic N) is 1. The first-order valence-corrected chi connectivity index (χ1v) is 8.47. The third-order valence-corrected chi connectivity index (χ3v) is 4.43. The van der Waals surface area contributed by atoms with Crippen LogP contribution >= 0.6 is 7.52 Å². The van der Waals surface area contributed by atoms with Crippen molar-refractivity contribution in [2.75, 3.05) is 20.1 Å². The van der Waals surface area contributed by atoms with E-state index < -0.39 is 19.5 Å². The van der Waals surface area contributed by atoms with Gasteiger partial charge in [0, 0.05) is 7.11 Å². The minimum Gasteiger partial charge on any atom is -0.465 e. The van der Waals surface area contributed by atoms with E-state index in [4.69, 9.17) is 19.3 Å². The topological polar surface area (TPSA) is 97.7 Å². The molecule has 0 fully saturated rings. The van der Waals surface area contributed by atoms with Crippen LogP contribution in [0.25, 0.3) is 0 Å². The van der Waals surface area contributed by atoms with E-state index in [1.54, 1.807) is 25.1 Å². The molecule has 0 heterocycles. The second kappa shape index (κ2) is 8.54. The maximum absolute atomic E-state index is 12.8. The predicted molar refractivity (Wildman–Crippen MR) is 80.5 cm³/mol. The second-order valence-corrected chi connectivity index (χ2v) is 6.47. The molecule has 1 aromatic rings. The van der Waals surface area contributed by atoms with Gasteiger partial charge in [-0.2, -0.15) is 5.26 Å². The van der Waals surface area contributed by atoms with E-state index in [1.165, 1.54) is 20.1 Å². The second-order valence-electron chi connectivity index (χ2n) is 4.42. The molecule has 0 aliphatic rings. The summed E-state index contributed by atoms with van der Waals surface area (Å²) in [5.41, 5.74) is 0.375. The Bertz CT molecular complexity index is 599. The number of carbonyl (C=O) groups is 1. The highest BCUT2D eigenvalue weighted by Gasteiger charge is 2.30. The van der Waals surface area contributed by atoms with Gasteiger partial charge in [-0.05, 0) is 32.0 Å². The lowest BCUT2D eigenvalue weighted by molar-refractivity contribution is -0.144. The molecule has 1 N–H and O–H groups in total. The Hall–Kier alpha value is -1.87. The summed E-state index contributed by atoms with van der Waals surface area (Å²) in [5.74, 6) is -0.281. The lowest BCUT2D eigenvalue weighted by Crippen LogP contribution is -2.35. The molecule has 0 aliphatic carbocycles. The van der Waals surface area contributed by atoms with E-state index in [0.717, 1.165) is 0 Å². The summed E-state index contributed by atoms with van der Waals surface area (Å²) in [7, 11) is -2.11. The molecule has 0 amide bonds. The van der Waals surface area contributed by atoms with Gasteiger partial charge in [0.15, 0.2) is 0 Å². The smallest absolute Gasteiger partial charge is 0.342 e. The fraction of sp³-hybridized carbons (Fsp3) is 0.429. The number of benzene rings is 1. The molecule has 22 heavy (non-hydrogen) atoms. The van der Waals surface area contributed by atoms with Crippen LogP contribution in [-0.2, 0) is 18.8 Å². The van der Waals surface area contributed by atoms with Crippen LogP contribution < -0.4 is 9.61 Å². The van der Waals surface area contributed by atoms with Crippen LogP contribution in [0.4, 0.5) is 0 Å². The Balaban J connectivity index is 2.88. The monoisotopic (exact) mass is 326 g/mol. The fourth-order valence-electron chi connectivity index (χ4n) is 1.67. The van der Waals surface area contributed by atoms with Gasteiger partial charge in [0.2, 0.25) is 0 Å². The summed E-state index contributed by atoms with van der Waals surface area (Å²) >= 11 is 0. The molecule has 0 aliphatic heterocycles. The first-order chi connectivity index (χ1) is 10.4. The van der Waals surface area contributed by atoms with Gasteiger partial charge in [-0.1, -0.05) is 6.07 Å². The van der Waals surface area contributed by atoms with Crippen molar-refractivity contribution in [1.82, 2.24) is 5.09 Å². The molecule has 1 unspecified atom stereocenters. The van der Waals surface area contributed by atoms with E-state index in [0.29, 0.717) is 5.56 Å². The van der Waals surface area contributed by atoms with Crippen LogP contribution in [0.1, 0.15) is 19.4 Å². The largest absolute Gasteiger partial charge is 0.465 e. The van der Waals surface area contributed by atoms with Crippen LogP contribution in [0.5, 0.6) is 5.75 Å². The Morgan fingerprint density at radius 1 is 1.50 bits per heavy atom. The molecule has 7 nitrogen and oxygen atoms in total. The van der Waals surface area contributed by atoms with Crippen molar-refractivity contribution >= 4 is 13.5 Å². The molecule has 120 valence electrons. The highest BCUT2D eigenvalue weighted by atomic mass is 31.2. The van der Waals surface area contributed by atoms with E-state index in [2.05, 4.69) is 5.09 Å². The minimum atomic E-state index is -3.49. The third kappa shape index (κ3) is 5.49. The molecule has 0 aromatic heterocycles. The van der Waals surface area contributed by atoms with E-state index in [9.17, 15) is 9.36 Å². The molecular weight excluding hydrogens is 307 g/mol. The van der Waals surface area contributed by atoms with Crippen molar-refractivity contribution in [3.05, 3.63) is 29.8 Å². The van der Waals surface area contributed by atoms with Crippen molar-refractivity contribution < 1.29 is 23.4 Å². The molecular formula is C14H19N2O5P. The summed E-state index contributed by atoms with van der Waals surface area (Å²) < 4.78 is 28.0. The van der Waals surface area contributed by atoms with Crippen molar-refractivity contribution in [2.45, 2.75) is 19.9 Å². The lowest BCUT2D eigenvalue weighted by atomic mass is 10.2. The zero-order valence-electron chi connectivity index (χ0n) is 12.7. The number of hydrogen-bond acceptors (Lipinski definition) is 6. The van der Waals surface area contributed by atoms with Gasteiger partial charge in [-0.15, -0.1) is 0 Å². The Morgan fingerprint density at radius 2 is 2.23 bits per heavy atom. The van der Waals surface area contributed by atoms with E-state index >= 15 is 0 Å². The SMILES string of the molecule is CCOC(=O)[C@H](C)NP(=O)(COC)Oc1cccc(C#N)c1. The molecule has 8 heteroatoms. The van der Waals surface area contributed by atoms with Gasteiger partial charge < -0.3 is 14.0 Å². The molecule has 1 rings (SSSR count). The first-order valence-electron chi connectivity index (χ1n) is 6.66. The standard InChI is InChI=1S/C14H19N2O5P/c1-4-20-14(17)11(2)16-22(18,10-19-3)21-13-7-5-6-12(8-13)9-15/h5-8,11H,4,10H2,1-3H3,(H,16,18)/t11-,22?/m0/s1. The third-order valence-electron chi connectivity index (χ3n) is 2.55. The van der Waals surface area contributed by atoms with Crippen LogP contribution in [0.2, 0.25) is 0 Å². The highest BCUT2D eigenvalue weighted by molar-refractivity contribution is 7.57. The Morgan fingerprint density at radius 3 is 2.82 bits per heavy atom. The van der Waals surface area contributed by atoms with E-state index in [1.807, 2.05) is 6.07 Å². The average Bonchev–Trinajstić information content (AvgIpc) is 2.47. The normalized spacial score (nSPS) is 14.5. The Labute approximate surface area is 129 Å². The van der Waals surface area contributed by atoms with Crippen LogP contribution in [0, 0.1) is 11.3 Å². The molecule has 2 atom stereocenters. The molecule has 1 aromatic carbocycles. The van der Waals surface area contributed by atoms with Crippen LogP contribution in [0.3, 0.4) is 0 Å². The van der Waals surface area contributed by atoms with Crippen molar-refractivity contribution in [2.24, 2.45) is 0 Å². The van der Waals surface area contributed by atoms with Crippen LogP contribution in [0.15, 0.2) is 24.3 Å². The Kier molecular flexibility index (Phi) is 7.06. The summed E-state index contributed by atoms with van der Waals surface area (Å²) in [4.78, 5) is 11.6. The quantitative estimate of drug-likeness (QED) is 0.578. The number of hydrogen-bond donors (Lipinski definition) is 1. The first kappa shape index (κ1) is 18.2. The zero-order chi connectivity index (χ0) is 16.6. The fourth-order valence-corrected chi connectivity index (χ4v) is 3.34. The summed E-state index contributed by atoms with van der Waals surface area (Å²) in [5, 5.41) is 11.5. The van der Waals surface area contributed by atoms with Gasteiger partial charge >= 0.3 is 13.5 Å². The number of nitriles is 1.